The van der Waals surface area contributed by atoms with E-state index in [0.29, 0.717) is 5.69 Å². The molecular weight excluding hydrogens is 129 g/mol. The molecule has 1 aromatic carbocycles. The monoisotopic (exact) mass is 135 g/mol. The predicted molar refractivity (Wildman–Crippen MR) is 38.7 cm³/mol. The van der Waals surface area contributed by atoms with Gasteiger partial charge in [-0.2, -0.15) is 0 Å². The van der Waals surface area contributed by atoms with Gasteiger partial charge in [-0.05, 0) is 12.1 Å². The summed E-state index contributed by atoms with van der Waals surface area (Å²) in [6, 6.07) is 4.37. The van der Waals surface area contributed by atoms with E-state index in [2.05, 4.69) is 5.92 Å². The van der Waals surface area contributed by atoms with Crippen LogP contribution >= 0.6 is 0 Å². The Balaban J connectivity index is 3.34. The summed E-state index contributed by atoms with van der Waals surface area (Å²) in [6.45, 7) is 0. The van der Waals surface area contributed by atoms with Crippen LogP contribution in [0.2, 0.25) is 0 Å². The topological polar surface area (TPSA) is 26.0 Å². The second-order valence-electron chi connectivity index (χ2n) is 1.85. The summed E-state index contributed by atoms with van der Waals surface area (Å²) in [4.78, 5) is 0. The molecule has 0 amide bonds. The summed E-state index contributed by atoms with van der Waals surface area (Å²) in [5.74, 6) is 1.72. The first-order valence-electron chi connectivity index (χ1n) is 2.76. The molecule has 10 heavy (non-hydrogen) atoms. The van der Waals surface area contributed by atoms with Crippen molar-refractivity contribution in [1.29, 1.82) is 0 Å². The molecule has 0 saturated carbocycles. The molecule has 0 bridgehead atoms. The van der Waals surface area contributed by atoms with Crippen LogP contribution in [0.25, 0.3) is 0 Å². The molecular formula is C8H6FN. The Labute approximate surface area is 58.7 Å². The minimum absolute atomic E-state index is 0.141. The summed E-state index contributed by atoms with van der Waals surface area (Å²) >= 11 is 0. The highest BCUT2D eigenvalue weighted by Crippen LogP contribution is 2.12. The van der Waals surface area contributed by atoms with Crippen LogP contribution in [0, 0.1) is 18.2 Å². The Morgan fingerprint density at radius 1 is 1.50 bits per heavy atom. The van der Waals surface area contributed by atoms with E-state index in [0.717, 1.165) is 0 Å². The number of hydrogen-bond donors (Lipinski definition) is 1. The summed E-state index contributed by atoms with van der Waals surface area (Å²) in [6.07, 6.45) is 4.98. The van der Waals surface area contributed by atoms with Gasteiger partial charge in [-0.1, -0.05) is 12.0 Å². The highest BCUT2D eigenvalue weighted by atomic mass is 19.1. The number of hydrogen-bond acceptors (Lipinski definition) is 1. The highest BCUT2D eigenvalue weighted by Gasteiger charge is 1.99. The van der Waals surface area contributed by atoms with E-state index in [9.17, 15) is 4.39 Å². The Bertz CT molecular complexity index is 266. The van der Waals surface area contributed by atoms with E-state index in [1.54, 1.807) is 6.07 Å². The second kappa shape index (κ2) is 2.40. The predicted octanol–water partition coefficient (Wildman–Crippen LogP) is 1.39. The van der Waals surface area contributed by atoms with Crippen molar-refractivity contribution in [1.82, 2.24) is 0 Å². The first-order valence-corrected chi connectivity index (χ1v) is 2.76. The zero-order valence-corrected chi connectivity index (χ0v) is 5.26. The molecule has 0 saturated heterocycles. The molecule has 2 N–H and O–H groups in total. The lowest BCUT2D eigenvalue weighted by atomic mass is 10.2. The van der Waals surface area contributed by atoms with Crippen LogP contribution in [0.15, 0.2) is 18.2 Å². The summed E-state index contributed by atoms with van der Waals surface area (Å²) in [7, 11) is 0. The fourth-order valence-corrected chi connectivity index (χ4v) is 0.693. The third-order valence-corrected chi connectivity index (χ3v) is 1.19. The standard InChI is InChI=1S/C8H6FN/c1-2-6-7(9)4-3-5-8(6)10/h1,3-5H,10H2. The zero-order chi connectivity index (χ0) is 7.56. The van der Waals surface area contributed by atoms with Gasteiger partial charge in [0.05, 0.1) is 11.3 Å². The number of nitrogen functional groups attached to an aromatic ring is 1. The molecule has 0 radical (unpaired) electrons. The van der Waals surface area contributed by atoms with Gasteiger partial charge in [0.2, 0.25) is 0 Å². The average Bonchev–Trinajstić information content (AvgIpc) is 1.88. The van der Waals surface area contributed by atoms with Crippen LogP contribution in [0.4, 0.5) is 10.1 Å². The largest absolute Gasteiger partial charge is 0.398 e. The van der Waals surface area contributed by atoms with Gasteiger partial charge in [0.25, 0.3) is 0 Å². The maximum Gasteiger partial charge on any atom is 0.140 e. The molecule has 0 spiro atoms. The van der Waals surface area contributed by atoms with Crippen molar-refractivity contribution in [3.63, 3.8) is 0 Å². The second-order valence-corrected chi connectivity index (χ2v) is 1.85. The molecule has 1 rings (SSSR count). The van der Waals surface area contributed by atoms with Crippen molar-refractivity contribution < 1.29 is 4.39 Å². The molecule has 0 aliphatic carbocycles. The van der Waals surface area contributed by atoms with E-state index >= 15 is 0 Å². The average molecular weight is 135 g/mol. The maximum absolute atomic E-state index is 12.6. The molecule has 50 valence electrons. The Kier molecular flexibility index (Phi) is 1.59. The maximum atomic E-state index is 12.6. The fourth-order valence-electron chi connectivity index (χ4n) is 0.693. The number of halogens is 1. The number of terminal acetylenes is 1. The highest BCUT2D eigenvalue weighted by molar-refractivity contribution is 5.55. The van der Waals surface area contributed by atoms with Gasteiger partial charge >= 0.3 is 0 Å². The van der Waals surface area contributed by atoms with Gasteiger partial charge in [0.15, 0.2) is 0 Å². The van der Waals surface area contributed by atoms with Crippen LogP contribution in [-0.2, 0) is 0 Å². The number of benzene rings is 1. The van der Waals surface area contributed by atoms with Crippen LogP contribution in [0.1, 0.15) is 5.56 Å². The first-order chi connectivity index (χ1) is 4.75. The quantitative estimate of drug-likeness (QED) is 0.422. The van der Waals surface area contributed by atoms with Crippen molar-refractivity contribution in [2.75, 3.05) is 5.73 Å². The van der Waals surface area contributed by atoms with Crippen molar-refractivity contribution in [3.05, 3.63) is 29.6 Å². The molecule has 1 nitrogen and oxygen atoms in total. The van der Waals surface area contributed by atoms with Gasteiger partial charge in [-0.15, -0.1) is 6.42 Å². The Morgan fingerprint density at radius 3 is 2.60 bits per heavy atom. The van der Waals surface area contributed by atoms with Crippen LogP contribution in [-0.4, -0.2) is 0 Å². The van der Waals surface area contributed by atoms with E-state index in [1.165, 1.54) is 12.1 Å². The normalized spacial score (nSPS) is 8.80. The number of anilines is 1. The third-order valence-electron chi connectivity index (χ3n) is 1.19. The smallest absolute Gasteiger partial charge is 0.140 e. The fraction of sp³-hybridized carbons (Fsp3) is 0. The molecule has 1 aromatic rings. The minimum atomic E-state index is -0.442. The van der Waals surface area contributed by atoms with Crippen molar-refractivity contribution in [2.45, 2.75) is 0 Å². The molecule has 0 heterocycles. The zero-order valence-electron chi connectivity index (χ0n) is 5.26. The van der Waals surface area contributed by atoms with Gasteiger partial charge in [0.1, 0.15) is 5.82 Å². The third kappa shape index (κ3) is 0.939. The Hall–Kier alpha value is -1.49. The molecule has 0 aliphatic heterocycles. The van der Waals surface area contributed by atoms with Crippen molar-refractivity contribution in [2.24, 2.45) is 0 Å². The molecule has 0 fully saturated rings. The molecule has 2 heteroatoms. The van der Waals surface area contributed by atoms with E-state index in [-0.39, 0.29) is 5.56 Å². The lowest BCUT2D eigenvalue weighted by Gasteiger charge is -1.96. The number of rotatable bonds is 0. The van der Waals surface area contributed by atoms with Gasteiger partial charge in [0, 0.05) is 0 Å². The van der Waals surface area contributed by atoms with Gasteiger partial charge in [-0.25, -0.2) is 4.39 Å². The lowest BCUT2D eigenvalue weighted by molar-refractivity contribution is 0.625. The summed E-state index contributed by atoms with van der Waals surface area (Å²) < 4.78 is 12.6. The van der Waals surface area contributed by atoms with Crippen LogP contribution in [0.3, 0.4) is 0 Å². The lowest BCUT2D eigenvalue weighted by Crippen LogP contribution is -1.92. The van der Waals surface area contributed by atoms with Crippen LogP contribution in [0.5, 0.6) is 0 Å². The van der Waals surface area contributed by atoms with E-state index in [1.807, 2.05) is 0 Å². The van der Waals surface area contributed by atoms with Gasteiger partial charge < -0.3 is 5.73 Å². The molecule has 0 atom stereocenters. The molecule has 0 aromatic heterocycles. The molecule has 0 unspecified atom stereocenters. The van der Waals surface area contributed by atoms with Crippen molar-refractivity contribution >= 4 is 5.69 Å². The van der Waals surface area contributed by atoms with Crippen LogP contribution < -0.4 is 5.73 Å². The number of nitrogens with two attached hydrogens (primary N) is 1. The summed E-state index contributed by atoms with van der Waals surface area (Å²) in [5, 5.41) is 0. The first kappa shape index (κ1) is 6.63. The minimum Gasteiger partial charge on any atom is -0.398 e. The van der Waals surface area contributed by atoms with Gasteiger partial charge in [-0.3, -0.25) is 0 Å². The summed E-state index contributed by atoms with van der Waals surface area (Å²) in [5.41, 5.74) is 5.80. The van der Waals surface area contributed by atoms with Crippen molar-refractivity contribution in [3.8, 4) is 12.3 Å². The van der Waals surface area contributed by atoms with E-state index < -0.39 is 5.82 Å². The van der Waals surface area contributed by atoms with E-state index in [4.69, 9.17) is 12.2 Å². The molecule has 0 aliphatic rings. The Morgan fingerprint density at radius 2 is 2.20 bits per heavy atom. The SMILES string of the molecule is C#Cc1c(N)cccc1F.